The number of hydrogen-bond donors (Lipinski definition) is 2. The van der Waals surface area contributed by atoms with Crippen molar-refractivity contribution in [2.24, 2.45) is 0 Å². The van der Waals surface area contributed by atoms with Gasteiger partial charge in [-0.2, -0.15) is 0 Å². The van der Waals surface area contributed by atoms with Gasteiger partial charge in [-0.3, -0.25) is 0 Å². The van der Waals surface area contributed by atoms with Crippen LogP contribution in [0.1, 0.15) is 6.42 Å². The van der Waals surface area contributed by atoms with Crippen LogP contribution >= 0.6 is 0 Å². The Morgan fingerprint density at radius 1 is 1.63 bits per heavy atom. The van der Waals surface area contributed by atoms with Crippen molar-refractivity contribution in [3.63, 3.8) is 0 Å². The third-order valence-electron chi connectivity index (χ3n) is 2.98. The molecule has 0 spiro atoms. The van der Waals surface area contributed by atoms with Gasteiger partial charge < -0.3 is 24.8 Å². The minimum atomic E-state index is -1.33. The van der Waals surface area contributed by atoms with Gasteiger partial charge in [-0.1, -0.05) is 6.08 Å². The molecule has 1 atom stereocenters. The fraction of sp³-hybridized carbons (Fsp3) is 0.667. The molecule has 2 amide bonds. The molecule has 2 N–H and O–H groups in total. The van der Waals surface area contributed by atoms with E-state index in [2.05, 4.69) is 11.9 Å². The van der Waals surface area contributed by atoms with Crippen molar-refractivity contribution in [2.45, 2.75) is 12.0 Å². The van der Waals surface area contributed by atoms with Gasteiger partial charge in [0.15, 0.2) is 5.54 Å². The first-order valence-corrected chi connectivity index (χ1v) is 6.04. The number of methoxy groups -OCH3 is 1. The molecule has 0 saturated carbocycles. The Morgan fingerprint density at radius 3 is 2.84 bits per heavy atom. The summed E-state index contributed by atoms with van der Waals surface area (Å²) in [6.45, 7) is 4.95. The minimum absolute atomic E-state index is 0.0136. The molecule has 108 valence electrons. The molecular formula is C12H20N2O5. The van der Waals surface area contributed by atoms with Gasteiger partial charge in [0.25, 0.3) is 0 Å². The number of aliphatic carboxylic acids is 1. The quantitative estimate of drug-likeness (QED) is 0.640. The van der Waals surface area contributed by atoms with Crippen LogP contribution in [0.4, 0.5) is 4.79 Å². The average Bonchev–Trinajstić information content (AvgIpc) is 2.84. The Kier molecular flexibility index (Phi) is 5.78. The Bertz CT molecular complexity index is 339. The standard InChI is InChI=1S/C12H20N2O5/c1-3-5-14(6-8-18-2)11(17)13-12(10(15)16)4-7-19-9-12/h3H,1,4-9H2,2H3,(H,13,17)(H,15,16). The van der Waals surface area contributed by atoms with Crippen molar-refractivity contribution in [3.8, 4) is 0 Å². The number of hydrogen-bond acceptors (Lipinski definition) is 4. The molecule has 0 aromatic carbocycles. The van der Waals surface area contributed by atoms with E-state index in [0.717, 1.165) is 0 Å². The lowest BCUT2D eigenvalue weighted by molar-refractivity contribution is -0.144. The number of rotatable bonds is 7. The normalized spacial score (nSPS) is 21.9. The zero-order valence-electron chi connectivity index (χ0n) is 11.1. The summed E-state index contributed by atoms with van der Waals surface area (Å²) >= 11 is 0. The third kappa shape index (κ3) is 3.93. The highest BCUT2D eigenvalue weighted by Crippen LogP contribution is 2.19. The van der Waals surface area contributed by atoms with Crippen molar-refractivity contribution in [1.29, 1.82) is 0 Å². The number of ether oxygens (including phenoxy) is 2. The van der Waals surface area contributed by atoms with E-state index in [9.17, 15) is 14.7 Å². The van der Waals surface area contributed by atoms with E-state index in [4.69, 9.17) is 9.47 Å². The summed E-state index contributed by atoms with van der Waals surface area (Å²) in [6, 6.07) is -0.454. The molecule has 1 unspecified atom stereocenters. The first kappa shape index (κ1) is 15.5. The topological polar surface area (TPSA) is 88.1 Å². The maximum atomic E-state index is 12.1. The van der Waals surface area contributed by atoms with Crippen LogP contribution in [-0.4, -0.2) is 67.6 Å². The van der Waals surface area contributed by atoms with E-state index >= 15 is 0 Å². The average molecular weight is 272 g/mol. The second-order valence-corrected chi connectivity index (χ2v) is 4.35. The third-order valence-corrected chi connectivity index (χ3v) is 2.98. The van der Waals surface area contributed by atoms with Gasteiger partial charge in [-0.15, -0.1) is 6.58 Å². The predicted octanol–water partition coefficient (Wildman–Crippen LogP) is 0.0741. The van der Waals surface area contributed by atoms with E-state index < -0.39 is 17.5 Å². The van der Waals surface area contributed by atoms with Crippen molar-refractivity contribution in [3.05, 3.63) is 12.7 Å². The summed E-state index contributed by atoms with van der Waals surface area (Å²) in [5.41, 5.74) is -1.33. The van der Waals surface area contributed by atoms with Crippen LogP contribution in [0.3, 0.4) is 0 Å². The number of carboxylic acid groups (broad SMARTS) is 1. The molecule has 1 aliphatic heterocycles. The van der Waals surface area contributed by atoms with Crippen molar-refractivity contribution in [2.75, 3.05) is 40.0 Å². The van der Waals surface area contributed by atoms with Crippen LogP contribution in [0.25, 0.3) is 0 Å². The monoisotopic (exact) mass is 272 g/mol. The fourth-order valence-corrected chi connectivity index (χ4v) is 1.80. The zero-order chi connectivity index (χ0) is 14.3. The molecule has 7 heteroatoms. The van der Waals surface area contributed by atoms with E-state index in [1.807, 2.05) is 0 Å². The van der Waals surface area contributed by atoms with E-state index in [1.54, 1.807) is 6.08 Å². The van der Waals surface area contributed by atoms with Crippen LogP contribution in [0.5, 0.6) is 0 Å². The minimum Gasteiger partial charge on any atom is -0.479 e. The van der Waals surface area contributed by atoms with Crippen molar-refractivity contribution >= 4 is 12.0 Å². The first-order chi connectivity index (χ1) is 9.05. The van der Waals surface area contributed by atoms with E-state index in [1.165, 1.54) is 12.0 Å². The summed E-state index contributed by atoms with van der Waals surface area (Å²) in [4.78, 5) is 24.8. The summed E-state index contributed by atoms with van der Waals surface area (Å²) in [7, 11) is 1.54. The number of nitrogens with one attached hydrogen (secondary N) is 1. The van der Waals surface area contributed by atoms with Gasteiger partial charge in [0.05, 0.1) is 13.2 Å². The molecule has 0 aromatic rings. The molecule has 0 radical (unpaired) electrons. The Hall–Kier alpha value is -1.60. The van der Waals surface area contributed by atoms with Gasteiger partial charge >= 0.3 is 12.0 Å². The smallest absolute Gasteiger partial charge is 0.332 e. The molecular weight excluding hydrogens is 252 g/mol. The number of nitrogens with zero attached hydrogens (tertiary/aromatic N) is 1. The Labute approximate surface area is 112 Å². The SMILES string of the molecule is C=CCN(CCOC)C(=O)NC1(C(=O)O)CCOC1. The lowest BCUT2D eigenvalue weighted by Gasteiger charge is -2.28. The van der Waals surface area contributed by atoms with Gasteiger partial charge in [0, 0.05) is 33.2 Å². The fourth-order valence-electron chi connectivity index (χ4n) is 1.80. The van der Waals surface area contributed by atoms with Gasteiger partial charge in [0.1, 0.15) is 0 Å². The molecule has 1 saturated heterocycles. The highest BCUT2D eigenvalue weighted by atomic mass is 16.5. The number of urea groups is 1. The second-order valence-electron chi connectivity index (χ2n) is 4.35. The Morgan fingerprint density at radius 2 is 2.37 bits per heavy atom. The van der Waals surface area contributed by atoms with Crippen LogP contribution in [0, 0.1) is 0 Å². The largest absolute Gasteiger partial charge is 0.479 e. The lowest BCUT2D eigenvalue weighted by Crippen LogP contribution is -2.58. The summed E-state index contributed by atoms with van der Waals surface area (Å²) in [5.74, 6) is -1.08. The van der Waals surface area contributed by atoms with E-state index in [-0.39, 0.29) is 13.0 Å². The number of amides is 2. The summed E-state index contributed by atoms with van der Waals surface area (Å²) in [5, 5.41) is 11.8. The molecule has 1 heterocycles. The van der Waals surface area contributed by atoms with Gasteiger partial charge in [-0.05, 0) is 0 Å². The van der Waals surface area contributed by atoms with E-state index in [0.29, 0.717) is 26.3 Å². The molecule has 7 nitrogen and oxygen atoms in total. The number of carbonyl (C=O) groups excluding carboxylic acids is 1. The first-order valence-electron chi connectivity index (χ1n) is 6.04. The zero-order valence-corrected chi connectivity index (χ0v) is 11.1. The Balaban J connectivity index is 2.68. The number of carboxylic acids is 1. The lowest BCUT2D eigenvalue weighted by atomic mass is 9.99. The maximum absolute atomic E-state index is 12.1. The summed E-state index contributed by atoms with van der Waals surface area (Å²) in [6.07, 6.45) is 1.84. The molecule has 1 fully saturated rings. The molecule has 0 aliphatic carbocycles. The highest BCUT2D eigenvalue weighted by Gasteiger charge is 2.44. The molecule has 19 heavy (non-hydrogen) atoms. The van der Waals surface area contributed by atoms with Crippen LogP contribution < -0.4 is 5.32 Å². The van der Waals surface area contributed by atoms with Gasteiger partial charge in [-0.25, -0.2) is 9.59 Å². The van der Waals surface area contributed by atoms with Crippen LogP contribution in [0.2, 0.25) is 0 Å². The molecule has 0 bridgehead atoms. The molecule has 1 aliphatic rings. The molecule has 0 aromatic heterocycles. The second kappa shape index (κ2) is 7.10. The van der Waals surface area contributed by atoms with Crippen LogP contribution in [0.15, 0.2) is 12.7 Å². The van der Waals surface area contributed by atoms with Crippen LogP contribution in [-0.2, 0) is 14.3 Å². The molecule has 1 rings (SSSR count). The summed E-state index contributed by atoms with van der Waals surface area (Å²) < 4.78 is 10.00. The van der Waals surface area contributed by atoms with Crippen molar-refractivity contribution in [1.82, 2.24) is 10.2 Å². The van der Waals surface area contributed by atoms with Crippen molar-refractivity contribution < 1.29 is 24.2 Å². The number of carbonyl (C=O) groups is 2. The predicted molar refractivity (Wildman–Crippen MR) is 68.0 cm³/mol. The maximum Gasteiger partial charge on any atom is 0.332 e. The van der Waals surface area contributed by atoms with Gasteiger partial charge in [0.2, 0.25) is 0 Å². The highest BCUT2D eigenvalue weighted by molar-refractivity contribution is 5.86.